The Labute approximate surface area is 367 Å². The number of esters is 2. The van der Waals surface area contributed by atoms with E-state index in [9.17, 15) is 24.0 Å². The molecule has 0 saturated heterocycles. The van der Waals surface area contributed by atoms with Crippen molar-refractivity contribution >= 4 is 58.7 Å². The number of hydrogen-bond donors (Lipinski definition) is 2. The summed E-state index contributed by atoms with van der Waals surface area (Å²) in [6.45, 7) is 22.5. The standard InChI is InChI=1S/C46H57N5O9.CO2/c1-43(2,3)28-51(27-32-16-14-13-15-30(32)26-37(52)58-44(4,5)6)38(53)36-23-19-31-25-34(22-24-35(31)48-36)57-39(54)29-17-20-33(21-18-29)47-40(49-41(55)59-45(7,8)9)50-42(56)60-46(10,11)12;2-1-3/h13-25H,26-28H2,1-12H3,(H2,47,49,50,55,56);. The van der Waals surface area contributed by atoms with E-state index in [0.29, 0.717) is 23.1 Å². The van der Waals surface area contributed by atoms with Gasteiger partial charge in [-0.1, -0.05) is 51.1 Å². The summed E-state index contributed by atoms with van der Waals surface area (Å²) in [5.41, 5.74) is 0.438. The van der Waals surface area contributed by atoms with Crippen molar-refractivity contribution in [1.29, 1.82) is 0 Å². The molecule has 4 aromatic rings. The second-order valence-electron chi connectivity index (χ2n) is 18.5. The third-order valence-corrected chi connectivity index (χ3v) is 7.86. The van der Waals surface area contributed by atoms with Crippen molar-refractivity contribution in [3.8, 4) is 5.75 Å². The summed E-state index contributed by atoms with van der Waals surface area (Å²) in [6.07, 6.45) is -1.36. The van der Waals surface area contributed by atoms with E-state index < -0.39 is 35.0 Å². The van der Waals surface area contributed by atoms with Crippen LogP contribution in [-0.4, -0.2) is 75.4 Å². The fourth-order valence-electron chi connectivity index (χ4n) is 5.70. The molecule has 0 radical (unpaired) electrons. The number of benzene rings is 3. The highest BCUT2D eigenvalue weighted by Gasteiger charge is 2.26. The number of fused-ring (bicyclic) bond motifs is 1. The molecule has 0 bridgehead atoms. The predicted octanol–water partition coefficient (Wildman–Crippen LogP) is 8.48. The van der Waals surface area contributed by atoms with Crippen LogP contribution in [-0.2, 0) is 41.6 Å². The lowest BCUT2D eigenvalue weighted by molar-refractivity contribution is -0.191. The van der Waals surface area contributed by atoms with Crippen molar-refractivity contribution in [2.45, 2.75) is 113 Å². The van der Waals surface area contributed by atoms with Gasteiger partial charge in [-0.25, -0.2) is 24.4 Å². The first kappa shape index (κ1) is 50.4. The van der Waals surface area contributed by atoms with E-state index in [2.05, 4.69) is 20.6 Å². The Balaban J connectivity index is 0.00000342. The van der Waals surface area contributed by atoms with Gasteiger partial charge in [0.05, 0.1) is 23.2 Å². The molecule has 0 aliphatic heterocycles. The molecule has 0 spiro atoms. The van der Waals surface area contributed by atoms with E-state index in [1.807, 2.05) is 65.8 Å². The van der Waals surface area contributed by atoms with Gasteiger partial charge in [0.1, 0.15) is 28.2 Å². The molecule has 336 valence electrons. The molecule has 63 heavy (non-hydrogen) atoms. The number of nitrogens with zero attached hydrogens (tertiary/aromatic N) is 3. The Hall–Kier alpha value is -6.93. The third kappa shape index (κ3) is 18.3. The highest BCUT2D eigenvalue weighted by atomic mass is 16.6. The van der Waals surface area contributed by atoms with Gasteiger partial charge >= 0.3 is 30.3 Å². The zero-order valence-corrected chi connectivity index (χ0v) is 38.0. The van der Waals surface area contributed by atoms with Crippen LogP contribution in [0.4, 0.5) is 15.3 Å². The lowest BCUT2D eigenvalue weighted by Crippen LogP contribution is -2.47. The van der Waals surface area contributed by atoms with Crippen molar-refractivity contribution < 1.29 is 52.5 Å². The van der Waals surface area contributed by atoms with Gasteiger partial charge < -0.3 is 23.8 Å². The fourth-order valence-corrected chi connectivity index (χ4v) is 5.70. The number of carbonyl (C=O) groups is 5. The monoisotopic (exact) mass is 867 g/mol. The molecular formula is C47H57N5O11. The third-order valence-electron chi connectivity index (χ3n) is 7.86. The van der Waals surface area contributed by atoms with Crippen molar-refractivity contribution in [1.82, 2.24) is 20.5 Å². The van der Waals surface area contributed by atoms with Crippen molar-refractivity contribution in [3.63, 3.8) is 0 Å². The van der Waals surface area contributed by atoms with Gasteiger partial charge in [0, 0.05) is 18.5 Å². The van der Waals surface area contributed by atoms with E-state index >= 15 is 0 Å². The zero-order chi connectivity index (χ0) is 47.3. The molecule has 0 unspecified atom stereocenters. The minimum absolute atomic E-state index is 0.0804. The fraction of sp³-hybridized carbons (Fsp3) is 0.404. The molecule has 0 aliphatic carbocycles. The molecule has 0 fully saturated rings. The topological polar surface area (TPSA) is 209 Å². The van der Waals surface area contributed by atoms with Gasteiger partial charge in [0.15, 0.2) is 0 Å². The first-order chi connectivity index (χ1) is 29.1. The minimum Gasteiger partial charge on any atom is -0.460 e. The van der Waals surface area contributed by atoms with Crippen LogP contribution in [0.2, 0.25) is 0 Å². The molecule has 16 nitrogen and oxygen atoms in total. The molecule has 0 aliphatic rings. The SMILES string of the molecule is CC(C)(C)CN(Cc1ccccc1CC(=O)OC(C)(C)C)C(=O)c1ccc2cc(OC(=O)c3ccc(N=C(NC(=O)OC(C)(C)C)NC(=O)OC(C)(C)C)cc3)ccc2n1.O=C=O. The predicted molar refractivity (Wildman–Crippen MR) is 234 cm³/mol. The van der Waals surface area contributed by atoms with E-state index in [0.717, 1.165) is 11.1 Å². The van der Waals surface area contributed by atoms with Crippen LogP contribution in [0, 0.1) is 5.41 Å². The van der Waals surface area contributed by atoms with Crippen LogP contribution in [0.3, 0.4) is 0 Å². The highest BCUT2D eigenvalue weighted by Crippen LogP contribution is 2.25. The summed E-state index contributed by atoms with van der Waals surface area (Å²) < 4.78 is 21.8. The summed E-state index contributed by atoms with van der Waals surface area (Å²) in [4.78, 5) is 91.9. The lowest BCUT2D eigenvalue weighted by Gasteiger charge is -2.30. The van der Waals surface area contributed by atoms with Crippen LogP contribution in [0.5, 0.6) is 5.75 Å². The number of guanidine groups is 1. The number of amides is 3. The van der Waals surface area contributed by atoms with Gasteiger partial charge in [-0.2, -0.15) is 9.59 Å². The van der Waals surface area contributed by atoms with E-state index in [4.69, 9.17) is 28.5 Å². The lowest BCUT2D eigenvalue weighted by atomic mass is 9.95. The first-order valence-corrected chi connectivity index (χ1v) is 20.0. The summed E-state index contributed by atoms with van der Waals surface area (Å²) in [7, 11) is 0. The smallest absolute Gasteiger partial charge is 0.414 e. The average Bonchev–Trinajstić information content (AvgIpc) is 3.12. The Kier molecular flexibility index (Phi) is 17.0. The number of nitrogens with one attached hydrogen (secondary N) is 2. The van der Waals surface area contributed by atoms with Crippen LogP contribution < -0.4 is 15.4 Å². The molecule has 3 aromatic carbocycles. The van der Waals surface area contributed by atoms with Crippen LogP contribution >= 0.6 is 0 Å². The van der Waals surface area contributed by atoms with Crippen LogP contribution in [0.25, 0.3) is 10.9 Å². The normalized spacial score (nSPS) is 11.4. The van der Waals surface area contributed by atoms with E-state index in [1.54, 1.807) is 76.8 Å². The summed E-state index contributed by atoms with van der Waals surface area (Å²) in [5.74, 6) is -1.24. The second kappa shape index (κ2) is 21.2. The Morgan fingerprint density at radius 2 is 1.22 bits per heavy atom. The van der Waals surface area contributed by atoms with E-state index in [-0.39, 0.29) is 59.4 Å². The number of carbonyl (C=O) groups excluding carboxylic acids is 7. The number of rotatable bonds is 9. The highest BCUT2D eigenvalue weighted by molar-refractivity contribution is 6.02. The maximum absolute atomic E-state index is 14.1. The molecule has 0 atom stereocenters. The van der Waals surface area contributed by atoms with Crippen LogP contribution in [0.15, 0.2) is 83.9 Å². The molecule has 2 N–H and O–H groups in total. The number of alkyl carbamates (subject to hydrolysis) is 2. The van der Waals surface area contributed by atoms with Gasteiger partial charge in [-0.15, -0.1) is 0 Å². The first-order valence-electron chi connectivity index (χ1n) is 20.0. The van der Waals surface area contributed by atoms with Crippen molar-refractivity contribution in [2.24, 2.45) is 10.4 Å². The molecule has 0 saturated carbocycles. The van der Waals surface area contributed by atoms with Gasteiger partial charge in [-0.3, -0.25) is 20.2 Å². The summed E-state index contributed by atoms with van der Waals surface area (Å²) in [5, 5.41) is 5.48. The van der Waals surface area contributed by atoms with Crippen LogP contribution in [0.1, 0.15) is 115 Å². The molecule has 16 heteroatoms. The van der Waals surface area contributed by atoms with E-state index in [1.165, 1.54) is 24.3 Å². The van der Waals surface area contributed by atoms with Gasteiger partial charge in [-0.05, 0) is 127 Å². The quantitative estimate of drug-likeness (QED) is 0.0534. The number of aliphatic imine (C=N–C) groups is 1. The molecule has 1 heterocycles. The number of pyridine rings is 1. The largest absolute Gasteiger partial charge is 0.460 e. The zero-order valence-electron chi connectivity index (χ0n) is 38.0. The van der Waals surface area contributed by atoms with Gasteiger partial charge in [0.2, 0.25) is 5.96 Å². The minimum atomic E-state index is -0.844. The maximum Gasteiger partial charge on any atom is 0.414 e. The molecule has 4 rings (SSSR count). The molecule has 3 amide bonds. The second-order valence-corrected chi connectivity index (χ2v) is 18.5. The molecule has 1 aromatic heterocycles. The Bertz CT molecular complexity index is 2310. The summed E-state index contributed by atoms with van der Waals surface area (Å²) >= 11 is 0. The Morgan fingerprint density at radius 1 is 0.683 bits per heavy atom. The van der Waals surface area contributed by atoms with Gasteiger partial charge in [0.25, 0.3) is 5.91 Å². The number of ether oxygens (including phenoxy) is 4. The Morgan fingerprint density at radius 3 is 1.75 bits per heavy atom. The number of aromatic nitrogens is 1. The maximum atomic E-state index is 14.1. The van der Waals surface area contributed by atoms with Crippen molar-refractivity contribution in [3.05, 3.63) is 101 Å². The number of hydrogen-bond acceptors (Lipinski definition) is 13. The average molecular weight is 868 g/mol. The summed E-state index contributed by atoms with van der Waals surface area (Å²) in [6, 6.07) is 21.8. The molecular weight excluding hydrogens is 811 g/mol. The van der Waals surface area contributed by atoms with Crippen molar-refractivity contribution in [2.75, 3.05) is 6.54 Å².